The van der Waals surface area contributed by atoms with Crippen molar-refractivity contribution in [3.63, 3.8) is 0 Å². The first kappa shape index (κ1) is 16.3. The summed E-state index contributed by atoms with van der Waals surface area (Å²) in [5.74, 6) is -1.02. The van der Waals surface area contributed by atoms with Gasteiger partial charge in [-0.2, -0.15) is 16.8 Å². The van der Waals surface area contributed by atoms with Gasteiger partial charge in [0.25, 0.3) is 20.2 Å². The van der Waals surface area contributed by atoms with Crippen molar-refractivity contribution in [2.24, 2.45) is 0 Å². The third-order valence-electron chi connectivity index (χ3n) is 3.19. The van der Waals surface area contributed by atoms with Gasteiger partial charge in [-0.1, -0.05) is 0 Å². The number of aromatic hydroxyl groups is 2. The van der Waals surface area contributed by atoms with Crippen molar-refractivity contribution in [2.45, 2.75) is 9.79 Å². The number of phenols is 2. The van der Waals surface area contributed by atoms with Gasteiger partial charge >= 0.3 is 0 Å². The molecule has 126 valence electrons. The predicted molar refractivity (Wildman–Crippen MR) is 80.0 cm³/mol. The van der Waals surface area contributed by atoms with Gasteiger partial charge in [0, 0.05) is 0 Å². The molecule has 0 unspecified atom stereocenters. The van der Waals surface area contributed by atoms with Crippen LogP contribution in [0.1, 0.15) is 0 Å². The molecule has 0 amide bonds. The van der Waals surface area contributed by atoms with Crippen LogP contribution in [0.25, 0.3) is 22.1 Å². The molecule has 2 aromatic carbocycles. The van der Waals surface area contributed by atoms with Gasteiger partial charge in [-0.25, -0.2) is 9.97 Å². The summed E-state index contributed by atoms with van der Waals surface area (Å²) in [5.41, 5.74) is -1.83. The average Bonchev–Trinajstić information content (AvgIpc) is 2.44. The Kier molecular flexibility index (Phi) is 3.38. The van der Waals surface area contributed by atoms with Crippen LogP contribution >= 0.6 is 0 Å². The number of fused-ring (bicyclic) bond motifs is 2. The Bertz CT molecular complexity index is 1130. The van der Waals surface area contributed by atoms with E-state index in [0.29, 0.717) is 0 Å². The van der Waals surface area contributed by atoms with Gasteiger partial charge in [0.1, 0.15) is 43.4 Å². The van der Waals surface area contributed by atoms with E-state index < -0.39 is 52.6 Å². The van der Waals surface area contributed by atoms with Crippen molar-refractivity contribution in [3.05, 3.63) is 24.3 Å². The van der Waals surface area contributed by atoms with E-state index in [0.717, 1.165) is 24.3 Å². The number of aromatic nitrogens is 2. The maximum Gasteiger partial charge on any atom is 0.296 e. The second-order valence-corrected chi connectivity index (χ2v) is 7.51. The summed E-state index contributed by atoms with van der Waals surface area (Å²) >= 11 is 0. The van der Waals surface area contributed by atoms with Gasteiger partial charge in [0.15, 0.2) is 0 Å². The van der Waals surface area contributed by atoms with Crippen molar-refractivity contribution < 1.29 is 36.2 Å². The summed E-state index contributed by atoms with van der Waals surface area (Å²) in [4.78, 5) is 6.13. The van der Waals surface area contributed by atoms with Crippen LogP contribution in [0.3, 0.4) is 0 Å². The molecule has 12 heteroatoms. The van der Waals surface area contributed by atoms with E-state index in [1.807, 2.05) is 0 Å². The Balaban J connectivity index is 2.64. The molecule has 0 spiro atoms. The standard InChI is InChI=1S/C12H8N2O8S2/c15-5-1-3-7(23(17,18)19)11-9(5)13-10-6(16)2-4-8(12(10)14-11)24(20,21)22/h1-4,15-16H,(H,17,18,19)(H,20,21,22). The molecule has 3 aromatic rings. The lowest BCUT2D eigenvalue weighted by Crippen LogP contribution is -2.04. The van der Waals surface area contributed by atoms with E-state index in [2.05, 4.69) is 9.97 Å². The van der Waals surface area contributed by atoms with Crippen LogP contribution in [0.15, 0.2) is 34.1 Å². The number of nitrogens with zero attached hydrogens (tertiary/aromatic N) is 2. The first-order valence-electron chi connectivity index (χ1n) is 6.10. The summed E-state index contributed by atoms with van der Waals surface area (Å²) in [5, 5.41) is 19.6. The Morgan fingerprint density at radius 1 is 0.625 bits per heavy atom. The molecule has 0 saturated carbocycles. The zero-order chi connectivity index (χ0) is 17.9. The van der Waals surface area contributed by atoms with Crippen molar-refractivity contribution in [2.75, 3.05) is 0 Å². The predicted octanol–water partition coefficient (Wildman–Crippen LogP) is 0.688. The summed E-state index contributed by atoms with van der Waals surface area (Å²) in [6, 6.07) is 3.58. The summed E-state index contributed by atoms with van der Waals surface area (Å²) < 4.78 is 64.2. The molecule has 0 atom stereocenters. The highest BCUT2D eigenvalue weighted by Gasteiger charge is 2.23. The lowest BCUT2D eigenvalue weighted by atomic mass is 10.2. The monoisotopic (exact) mass is 372 g/mol. The van der Waals surface area contributed by atoms with Crippen LogP contribution in [0.5, 0.6) is 11.5 Å². The lowest BCUT2D eigenvalue weighted by molar-refractivity contribution is 0.476. The molecule has 1 heterocycles. The van der Waals surface area contributed by atoms with E-state index in [1.54, 1.807) is 0 Å². The number of rotatable bonds is 2. The molecule has 0 bridgehead atoms. The Morgan fingerprint density at radius 3 is 1.29 bits per heavy atom. The second kappa shape index (κ2) is 4.98. The average molecular weight is 372 g/mol. The second-order valence-electron chi connectivity index (χ2n) is 4.73. The highest BCUT2D eigenvalue weighted by atomic mass is 32.2. The van der Waals surface area contributed by atoms with Gasteiger partial charge in [-0.05, 0) is 24.3 Å². The maximum atomic E-state index is 11.4. The number of hydrogen-bond acceptors (Lipinski definition) is 8. The fourth-order valence-corrected chi connectivity index (χ4v) is 3.43. The van der Waals surface area contributed by atoms with Crippen molar-refractivity contribution in [1.82, 2.24) is 9.97 Å². The van der Waals surface area contributed by atoms with Crippen molar-refractivity contribution in [1.29, 1.82) is 0 Å². The van der Waals surface area contributed by atoms with E-state index in [4.69, 9.17) is 0 Å². The summed E-state index contributed by atoms with van der Waals surface area (Å²) in [6.45, 7) is 0. The SMILES string of the molecule is O=S(=O)(O)c1ccc(O)c2nc3c(O)ccc(S(=O)(=O)O)c3nc12. The Labute approximate surface area is 134 Å². The first-order valence-corrected chi connectivity index (χ1v) is 8.98. The molecule has 0 aliphatic carbocycles. The van der Waals surface area contributed by atoms with Gasteiger partial charge in [0.2, 0.25) is 0 Å². The highest BCUT2D eigenvalue weighted by molar-refractivity contribution is 7.86. The minimum Gasteiger partial charge on any atom is -0.506 e. The molecule has 3 rings (SSSR count). The number of phenolic OH excluding ortho intramolecular Hbond substituents is 2. The minimum atomic E-state index is -4.76. The molecule has 0 aliphatic heterocycles. The topological polar surface area (TPSA) is 175 Å². The smallest absolute Gasteiger partial charge is 0.296 e. The number of benzene rings is 2. The molecule has 0 radical (unpaired) electrons. The van der Waals surface area contributed by atoms with Gasteiger partial charge in [0.05, 0.1) is 0 Å². The molecule has 24 heavy (non-hydrogen) atoms. The van der Waals surface area contributed by atoms with E-state index >= 15 is 0 Å². The quantitative estimate of drug-likeness (QED) is 0.370. The van der Waals surface area contributed by atoms with Gasteiger partial charge in [-0.3, -0.25) is 9.11 Å². The fourth-order valence-electron chi connectivity index (χ4n) is 2.18. The van der Waals surface area contributed by atoms with Crippen LogP contribution in [0.4, 0.5) is 0 Å². The third-order valence-corrected chi connectivity index (χ3v) is 4.96. The van der Waals surface area contributed by atoms with Crippen LogP contribution in [-0.2, 0) is 20.2 Å². The third kappa shape index (κ3) is 2.50. The van der Waals surface area contributed by atoms with Gasteiger partial charge in [-0.15, -0.1) is 0 Å². The molecular formula is C12H8N2O8S2. The summed E-state index contributed by atoms with van der Waals surface area (Å²) in [6.07, 6.45) is 0. The summed E-state index contributed by atoms with van der Waals surface area (Å²) in [7, 11) is -9.52. The molecule has 1 aromatic heterocycles. The van der Waals surface area contributed by atoms with Crippen molar-refractivity contribution in [3.8, 4) is 11.5 Å². The van der Waals surface area contributed by atoms with Crippen LogP contribution < -0.4 is 0 Å². The van der Waals surface area contributed by atoms with Crippen LogP contribution in [0.2, 0.25) is 0 Å². The number of hydrogen-bond donors (Lipinski definition) is 4. The maximum absolute atomic E-state index is 11.4. The zero-order valence-electron chi connectivity index (χ0n) is 11.4. The van der Waals surface area contributed by atoms with Crippen LogP contribution in [-0.4, -0.2) is 46.1 Å². The van der Waals surface area contributed by atoms with Crippen molar-refractivity contribution >= 4 is 42.3 Å². The highest BCUT2D eigenvalue weighted by Crippen LogP contribution is 2.34. The Morgan fingerprint density at radius 2 is 0.958 bits per heavy atom. The van der Waals surface area contributed by atoms with E-state index in [1.165, 1.54) is 0 Å². The molecule has 0 fully saturated rings. The minimum absolute atomic E-state index is 0.389. The molecule has 10 nitrogen and oxygen atoms in total. The first-order chi connectivity index (χ1) is 11.0. The molecule has 0 aliphatic rings. The normalized spacial score (nSPS) is 12.8. The van der Waals surface area contributed by atoms with E-state index in [9.17, 15) is 36.2 Å². The largest absolute Gasteiger partial charge is 0.506 e. The molecule has 4 N–H and O–H groups in total. The zero-order valence-corrected chi connectivity index (χ0v) is 13.1. The lowest BCUT2D eigenvalue weighted by Gasteiger charge is -2.09. The molecule has 0 saturated heterocycles. The molecular weight excluding hydrogens is 364 g/mol. The van der Waals surface area contributed by atoms with E-state index in [-0.39, 0.29) is 11.0 Å². The van der Waals surface area contributed by atoms with Gasteiger partial charge < -0.3 is 10.2 Å². The Hall–Kier alpha value is -2.54. The fraction of sp³-hybridized carbons (Fsp3) is 0. The van der Waals surface area contributed by atoms with Crippen LogP contribution in [0, 0.1) is 0 Å².